The normalized spacial score (nSPS) is 12.7. The topological polar surface area (TPSA) is 29.9 Å². The second-order valence-electron chi connectivity index (χ2n) is 4.20. The fourth-order valence-corrected chi connectivity index (χ4v) is 2.24. The molecule has 0 saturated carbocycles. The predicted molar refractivity (Wildman–Crippen MR) is 70.3 cm³/mol. The first-order chi connectivity index (χ1) is 8.54. The molecule has 1 aromatic carbocycles. The van der Waals surface area contributed by atoms with Gasteiger partial charge in [-0.05, 0) is 37.7 Å². The molecule has 0 aliphatic carbocycles. The molecule has 0 amide bonds. The first-order valence-electron chi connectivity index (χ1n) is 5.65. The highest BCUT2D eigenvalue weighted by molar-refractivity contribution is 6.31. The highest BCUT2D eigenvalue weighted by atomic mass is 35.5. The number of aryl methyl sites for hydroxylation is 1. The number of rotatable bonds is 3. The first-order valence-corrected chi connectivity index (χ1v) is 6.03. The zero-order chi connectivity index (χ0) is 13.3. The van der Waals surface area contributed by atoms with Gasteiger partial charge < -0.3 is 5.32 Å². The van der Waals surface area contributed by atoms with Crippen molar-refractivity contribution in [2.75, 3.05) is 7.05 Å². The van der Waals surface area contributed by atoms with E-state index in [2.05, 4.69) is 10.4 Å². The Balaban J connectivity index is 2.51. The van der Waals surface area contributed by atoms with Gasteiger partial charge >= 0.3 is 0 Å². The van der Waals surface area contributed by atoms with E-state index >= 15 is 0 Å². The summed E-state index contributed by atoms with van der Waals surface area (Å²) in [7, 11) is 3.69. The zero-order valence-corrected chi connectivity index (χ0v) is 11.3. The van der Waals surface area contributed by atoms with Gasteiger partial charge in [0, 0.05) is 23.3 Å². The number of nitrogens with zero attached hydrogens (tertiary/aromatic N) is 2. The average Bonchev–Trinajstić information content (AvgIpc) is 2.67. The molecule has 0 aliphatic rings. The van der Waals surface area contributed by atoms with Crippen LogP contribution in [0.15, 0.2) is 24.4 Å². The zero-order valence-electron chi connectivity index (χ0n) is 10.5. The van der Waals surface area contributed by atoms with Crippen molar-refractivity contribution in [1.29, 1.82) is 0 Å². The second-order valence-corrected chi connectivity index (χ2v) is 4.60. The molecule has 5 heteroatoms. The fraction of sp³-hybridized carbons (Fsp3) is 0.308. The van der Waals surface area contributed by atoms with E-state index in [4.69, 9.17) is 11.6 Å². The number of hydrogen-bond acceptors (Lipinski definition) is 2. The molecule has 1 atom stereocenters. The van der Waals surface area contributed by atoms with E-state index in [0.717, 1.165) is 16.8 Å². The van der Waals surface area contributed by atoms with Crippen molar-refractivity contribution in [3.05, 3.63) is 52.1 Å². The minimum atomic E-state index is -0.295. The summed E-state index contributed by atoms with van der Waals surface area (Å²) in [6.07, 6.45) is 1.78. The van der Waals surface area contributed by atoms with E-state index in [0.29, 0.717) is 5.02 Å². The Hall–Kier alpha value is -1.39. The predicted octanol–water partition coefficient (Wildman–Crippen LogP) is 2.83. The van der Waals surface area contributed by atoms with E-state index < -0.39 is 0 Å². The molecule has 2 rings (SSSR count). The first kappa shape index (κ1) is 13.1. The molecule has 0 saturated heterocycles. The van der Waals surface area contributed by atoms with Gasteiger partial charge in [-0.1, -0.05) is 11.6 Å². The van der Waals surface area contributed by atoms with Gasteiger partial charge in [0.05, 0.1) is 12.2 Å². The van der Waals surface area contributed by atoms with Crippen LogP contribution in [0, 0.1) is 12.7 Å². The Kier molecular flexibility index (Phi) is 3.68. The van der Waals surface area contributed by atoms with Crippen LogP contribution in [0.1, 0.15) is 22.9 Å². The second kappa shape index (κ2) is 5.08. The number of nitrogens with one attached hydrogen (secondary N) is 1. The Morgan fingerprint density at radius 2 is 2.11 bits per heavy atom. The number of benzene rings is 1. The minimum Gasteiger partial charge on any atom is -0.309 e. The molecule has 1 N–H and O–H groups in total. The van der Waals surface area contributed by atoms with Crippen LogP contribution in [0.2, 0.25) is 5.02 Å². The highest BCUT2D eigenvalue weighted by Crippen LogP contribution is 2.30. The summed E-state index contributed by atoms with van der Waals surface area (Å²) < 4.78 is 15.1. The van der Waals surface area contributed by atoms with Gasteiger partial charge in [0.25, 0.3) is 0 Å². The quantitative estimate of drug-likeness (QED) is 0.927. The smallest absolute Gasteiger partial charge is 0.123 e. The molecule has 2 aromatic rings. The molecular weight excluding hydrogens is 253 g/mol. The number of aromatic nitrogens is 2. The summed E-state index contributed by atoms with van der Waals surface area (Å²) in [5, 5.41) is 7.90. The van der Waals surface area contributed by atoms with Gasteiger partial charge in [-0.2, -0.15) is 5.10 Å². The van der Waals surface area contributed by atoms with Crippen LogP contribution in [-0.4, -0.2) is 16.8 Å². The lowest BCUT2D eigenvalue weighted by molar-refractivity contribution is 0.616. The maximum absolute atomic E-state index is 13.4. The number of halogens is 2. The summed E-state index contributed by atoms with van der Waals surface area (Å²) in [6, 6.07) is 4.22. The molecule has 0 aliphatic heterocycles. The SMILES string of the molecule is CNC(c1cc(F)ccc1Cl)c1cnn(C)c1C. The van der Waals surface area contributed by atoms with Crippen molar-refractivity contribution in [3.63, 3.8) is 0 Å². The summed E-state index contributed by atoms with van der Waals surface area (Å²) >= 11 is 6.14. The maximum Gasteiger partial charge on any atom is 0.123 e. The molecule has 18 heavy (non-hydrogen) atoms. The largest absolute Gasteiger partial charge is 0.309 e. The van der Waals surface area contributed by atoms with E-state index in [9.17, 15) is 4.39 Å². The monoisotopic (exact) mass is 267 g/mol. The minimum absolute atomic E-state index is 0.165. The standard InChI is InChI=1S/C13H15ClFN3/c1-8-11(7-17-18(8)3)13(16-2)10-6-9(15)4-5-12(10)14/h4-7,13,16H,1-3H3. The third-order valence-electron chi connectivity index (χ3n) is 3.14. The van der Waals surface area contributed by atoms with Crippen LogP contribution >= 0.6 is 11.6 Å². The molecule has 3 nitrogen and oxygen atoms in total. The summed E-state index contributed by atoms with van der Waals surface area (Å²) in [5.41, 5.74) is 2.73. The van der Waals surface area contributed by atoms with E-state index in [1.807, 2.05) is 21.0 Å². The van der Waals surface area contributed by atoms with Crippen molar-refractivity contribution in [1.82, 2.24) is 15.1 Å². The third-order valence-corrected chi connectivity index (χ3v) is 3.49. The molecule has 1 aromatic heterocycles. The van der Waals surface area contributed by atoms with Gasteiger partial charge in [0.2, 0.25) is 0 Å². The fourth-order valence-electron chi connectivity index (χ4n) is 2.01. The molecule has 0 radical (unpaired) electrons. The Morgan fingerprint density at radius 3 is 2.67 bits per heavy atom. The lowest BCUT2D eigenvalue weighted by Crippen LogP contribution is -2.19. The Labute approximate surface area is 111 Å². The molecular formula is C13H15ClFN3. The highest BCUT2D eigenvalue weighted by Gasteiger charge is 2.19. The maximum atomic E-state index is 13.4. The third kappa shape index (κ3) is 2.26. The van der Waals surface area contributed by atoms with Gasteiger partial charge in [-0.3, -0.25) is 4.68 Å². The summed E-state index contributed by atoms with van der Waals surface area (Å²) in [4.78, 5) is 0. The van der Waals surface area contributed by atoms with Crippen LogP contribution in [0.4, 0.5) is 4.39 Å². The van der Waals surface area contributed by atoms with Gasteiger partial charge in [0.1, 0.15) is 5.82 Å². The Bertz CT molecular complexity index is 565. The van der Waals surface area contributed by atoms with Crippen LogP contribution in [0.5, 0.6) is 0 Å². The number of hydrogen-bond donors (Lipinski definition) is 1. The lowest BCUT2D eigenvalue weighted by atomic mass is 9.99. The van der Waals surface area contributed by atoms with Crippen LogP contribution in [-0.2, 0) is 7.05 Å². The van der Waals surface area contributed by atoms with Crippen molar-refractivity contribution >= 4 is 11.6 Å². The van der Waals surface area contributed by atoms with Gasteiger partial charge in [-0.25, -0.2) is 4.39 Å². The van der Waals surface area contributed by atoms with Crippen LogP contribution in [0.25, 0.3) is 0 Å². The van der Waals surface area contributed by atoms with E-state index in [-0.39, 0.29) is 11.9 Å². The van der Waals surface area contributed by atoms with E-state index in [1.54, 1.807) is 16.9 Å². The summed E-state index contributed by atoms with van der Waals surface area (Å²) in [5.74, 6) is -0.295. The lowest BCUT2D eigenvalue weighted by Gasteiger charge is -2.18. The average molecular weight is 268 g/mol. The van der Waals surface area contributed by atoms with Crippen LogP contribution in [0.3, 0.4) is 0 Å². The molecule has 96 valence electrons. The molecule has 1 heterocycles. The van der Waals surface area contributed by atoms with Crippen LogP contribution < -0.4 is 5.32 Å². The van der Waals surface area contributed by atoms with Crippen molar-refractivity contribution < 1.29 is 4.39 Å². The molecule has 0 spiro atoms. The van der Waals surface area contributed by atoms with Gasteiger partial charge in [0.15, 0.2) is 0 Å². The van der Waals surface area contributed by atoms with Crippen molar-refractivity contribution in [3.8, 4) is 0 Å². The Morgan fingerprint density at radius 1 is 1.39 bits per heavy atom. The van der Waals surface area contributed by atoms with Crippen molar-refractivity contribution in [2.45, 2.75) is 13.0 Å². The van der Waals surface area contributed by atoms with Crippen molar-refractivity contribution in [2.24, 2.45) is 7.05 Å². The van der Waals surface area contributed by atoms with Gasteiger partial charge in [-0.15, -0.1) is 0 Å². The molecule has 0 bridgehead atoms. The molecule has 1 unspecified atom stereocenters. The van der Waals surface area contributed by atoms with E-state index in [1.165, 1.54) is 12.1 Å². The molecule has 0 fully saturated rings. The summed E-state index contributed by atoms with van der Waals surface area (Å²) in [6.45, 7) is 1.97.